The van der Waals surface area contributed by atoms with Gasteiger partial charge in [-0.25, -0.2) is 9.13 Å². The summed E-state index contributed by atoms with van der Waals surface area (Å²) in [4.78, 5) is 0. The molecule has 27 heavy (non-hydrogen) atoms. The third kappa shape index (κ3) is 9.17. The van der Waals surface area contributed by atoms with Gasteiger partial charge in [0, 0.05) is 37.1 Å². The first-order valence-electron chi connectivity index (χ1n) is 10.8. The SMILES string of the molecule is C.CCCCCCC[n+]1ccc(-c2cc[n+](CCCCCCC)cc2)cc1. The molecule has 0 aliphatic carbocycles. The summed E-state index contributed by atoms with van der Waals surface area (Å²) in [6.07, 6.45) is 22.3. The van der Waals surface area contributed by atoms with E-state index in [1.807, 2.05) is 0 Å². The van der Waals surface area contributed by atoms with Crippen LogP contribution in [0.4, 0.5) is 0 Å². The molecule has 2 aromatic heterocycles. The number of aromatic nitrogens is 2. The number of nitrogens with zero attached hydrogens (tertiary/aromatic N) is 2. The lowest BCUT2D eigenvalue weighted by Crippen LogP contribution is -2.33. The van der Waals surface area contributed by atoms with Crippen LogP contribution in [0.5, 0.6) is 0 Å². The van der Waals surface area contributed by atoms with Crippen molar-refractivity contribution in [2.45, 2.75) is 98.6 Å². The second-order valence-electron chi connectivity index (χ2n) is 7.48. The highest BCUT2D eigenvalue weighted by atomic mass is 14.9. The third-order valence-corrected chi connectivity index (χ3v) is 5.16. The first-order valence-corrected chi connectivity index (χ1v) is 10.8. The average molecular weight is 371 g/mol. The van der Waals surface area contributed by atoms with Crippen molar-refractivity contribution >= 4 is 0 Å². The summed E-state index contributed by atoms with van der Waals surface area (Å²) in [7, 11) is 0. The Bertz CT molecular complexity index is 531. The van der Waals surface area contributed by atoms with E-state index in [1.165, 1.54) is 75.3 Å². The van der Waals surface area contributed by atoms with E-state index >= 15 is 0 Å². The predicted molar refractivity (Wildman–Crippen MR) is 117 cm³/mol. The maximum Gasteiger partial charge on any atom is 0.169 e. The van der Waals surface area contributed by atoms with E-state index in [-0.39, 0.29) is 7.43 Å². The molecule has 0 spiro atoms. The van der Waals surface area contributed by atoms with E-state index in [0.717, 1.165) is 13.1 Å². The molecule has 0 N–H and O–H groups in total. The van der Waals surface area contributed by atoms with Crippen molar-refractivity contribution in [3.05, 3.63) is 49.1 Å². The smallest absolute Gasteiger partial charge is 0.169 e. The molecule has 0 amide bonds. The topological polar surface area (TPSA) is 7.76 Å². The third-order valence-electron chi connectivity index (χ3n) is 5.16. The highest BCUT2D eigenvalue weighted by Crippen LogP contribution is 2.15. The molecule has 0 radical (unpaired) electrons. The van der Waals surface area contributed by atoms with Crippen molar-refractivity contribution in [2.75, 3.05) is 0 Å². The van der Waals surface area contributed by atoms with Gasteiger partial charge in [0.25, 0.3) is 0 Å². The van der Waals surface area contributed by atoms with Crippen LogP contribution < -0.4 is 9.13 Å². The number of pyridine rings is 2. The summed E-state index contributed by atoms with van der Waals surface area (Å²) >= 11 is 0. The Kier molecular flexibility index (Phi) is 12.4. The molecule has 2 rings (SSSR count). The Morgan fingerprint density at radius 3 is 1.19 bits per heavy atom. The minimum Gasteiger partial charge on any atom is -0.205 e. The first kappa shape index (κ1) is 23.3. The number of hydrogen-bond donors (Lipinski definition) is 0. The summed E-state index contributed by atoms with van der Waals surface area (Å²) in [6, 6.07) is 8.99. The number of hydrogen-bond acceptors (Lipinski definition) is 0. The molecule has 0 saturated carbocycles. The molecule has 0 saturated heterocycles. The van der Waals surface area contributed by atoms with E-state index in [9.17, 15) is 0 Å². The largest absolute Gasteiger partial charge is 0.205 e. The van der Waals surface area contributed by atoms with Gasteiger partial charge in [0.1, 0.15) is 13.1 Å². The van der Waals surface area contributed by atoms with Crippen LogP contribution in [0, 0.1) is 0 Å². The normalized spacial score (nSPS) is 10.6. The van der Waals surface area contributed by atoms with Gasteiger partial charge in [0.05, 0.1) is 0 Å². The van der Waals surface area contributed by atoms with Crippen LogP contribution in [0.1, 0.15) is 85.5 Å². The minimum absolute atomic E-state index is 0. The van der Waals surface area contributed by atoms with Crippen LogP contribution in [-0.4, -0.2) is 0 Å². The maximum atomic E-state index is 2.31. The molecule has 2 heterocycles. The van der Waals surface area contributed by atoms with Crippen molar-refractivity contribution < 1.29 is 9.13 Å². The first-order chi connectivity index (χ1) is 12.8. The second-order valence-corrected chi connectivity index (χ2v) is 7.48. The fourth-order valence-corrected chi connectivity index (χ4v) is 3.39. The van der Waals surface area contributed by atoms with Gasteiger partial charge >= 0.3 is 0 Å². The standard InChI is InChI=1S/C24H38N2.CH4/c1-3-5-7-9-11-17-25-19-13-23(14-20-25)24-15-21-26(22-16-24)18-12-10-8-6-4-2;/h13-16,19-22H,3-12,17-18H2,1-2H3;1H4/q+2;. The molecule has 2 aromatic rings. The van der Waals surface area contributed by atoms with E-state index in [0.29, 0.717) is 0 Å². The van der Waals surface area contributed by atoms with Crippen molar-refractivity contribution in [1.82, 2.24) is 0 Å². The van der Waals surface area contributed by atoms with Gasteiger partial charge in [0.15, 0.2) is 24.8 Å². The van der Waals surface area contributed by atoms with Gasteiger partial charge in [-0.1, -0.05) is 59.8 Å². The molecule has 0 atom stereocenters. The minimum atomic E-state index is 0. The zero-order chi connectivity index (χ0) is 18.5. The molecule has 2 nitrogen and oxygen atoms in total. The summed E-state index contributed by atoms with van der Waals surface area (Å²) in [6.45, 7) is 6.81. The lowest BCUT2D eigenvalue weighted by molar-refractivity contribution is -0.697. The average Bonchev–Trinajstić information content (AvgIpc) is 2.69. The van der Waals surface area contributed by atoms with Crippen molar-refractivity contribution in [1.29, 1.82) is 0 Å². The summed E-state index contributed by atoms with van der Waals surface area (Å²) in [5, 5.41) is 0. The van der Waals surface area contributed by atoms with Gasteiger partial charge in [-0.3, -0.25) is 0 Å². The number of aryl methyl sites for hydroxylation is 2. The summed E-state index contributed by atoms with van der Waals surface area (Å²) in [5.41, 5.74) is 2.62. The Morgan fingerprint density at radius 2 is 0.852 bits per heavy atom. The van der Waals surface area contributed by atoms with Gasteiger partial charge in [-0.05, 0) is 24.0 Å². The maximum absolute atomic E-state index is 2.31. The molecule has 0 bridgehead atoms. The summed E-state index contributed by atoms with van der Waals surface area (Å²) in [5.74, 6) is 0. The van der Waals surface area contributed by atoms with Crippen LogP contribution in [-0.2, 0) is 13.1 Å². The molecular weight excluding hydrogens is 328 g/mol. The highest BCUT2D eigenvalue weighted by molar-refractivity contribution is 5.60. The Balaban J connectivity index is 0.00000364. The molecule has 0 aromatic carbocycles. The molecule has 0 unspecified atom stereocenters. The summed E-state index contributed by atoms with van der Waals surface area (Å²) < 4.78 is 4.63. The van der Waals surface area contributed by atoms with Gasteiger partial charge < -0.3 is 0 Å². The lowest BCUT2D eigenvalue weighted by Gasteiger charge is -2.02. The predicted octanol–water partition coefficient (Wildman–Crippen LogP) is 6.51. The van der Waals surface area contributed by atoms with Crippen LogP contribution in [0.25, 0.3) is 11.1 Å². The number of unbranched alkanes of at least 4 members (excludes halogenated alkanes) is 8. The Labute approximate surface area is 168 Å². The highest BCUT2D eigenvalue weighted by Gasteiger charge is 2.06. The zero-order valence-electron chi connectivity index (χ0n) is 17.0. The quantitative estimate of drug-likeness (QED) is 0.281. The molecule has 0 aliphatic rings. The molecular formula is C25H42N2+2. The molecule has 2 heteroatoms. The zero-order valence-corrected chi connectivity index (χ0v) is 17.0. The van der Waals surface area contributed by atoms with Crippen LogP contribution >= 0.6 is 0 Å². The van der Waals surface area contributed by atoms with E-state index in [1.54, 1.807) is 0 Å². The van der Waals surface area contributed by atoms with Crippen molar-refractivity contribution in [3.63, 3.8) is 0 Å². The Morgan fingerprint density at radius 1 is 0.519 bits per heavy atom. The molecule has 0 fully saturated rings. The van der Waals surface area contributed by atoms with Crippen molar-refractivity contribution in [2.24, 2.45) is 0 Å². The van der Waals surface area contributed by atoms with Crippen molar-refractivity contribution in [3.8, 4) is 11.1 Å². The fourth-order valence-electron chi connectivity index (χ4n) is 3.39. The van der Waals surface area contributed by atoms with E-state index < -0.39 is 0 Å². The number of rotatable bonds is 13. The second kappa shape index (κ2) is 14.4. The Hall–Kier alpha value is -1.70. The van der Waals surface area contributed by atoms with Crippen LogP contribution in [0.3, 0.4) is 0 Å². The molecule has 150 valence electrons. The fraction of sp³-hybridized carbons (Fsp3) is 0.600. The van der Waals surface area contributed by atoms with Gasteiger partial charge in [-0.15, -0.1) is 0 Å². The van der Waals surface area contributed by atoms with Crippen LogP contribution in [0.2, 0.25) is 0 Å². The lowest BCUT2D eigenvalue weighted by atomic mass is 10.1. The van der Waals surface area contributed by atoms with Gasteiger partial charge in [0.2, 0.25) is 0 Å². The van der Waals surface area contributed by atoms with Crippen LogP contribution in [0.15, 0.2) is 49.1 Å². The molecule has 0 aliphatic heterocycles. The van der Waals surface area contributed by atoms with E-state index in [4.69, 9.17) is 0 Å². The monoisotopic (exact) mass is 370 g/mol. The van der Waals surface area contributed by atoms with Gasteiger partial charge in [-0.2, -0.15) is 0 Å². The van der Waals surface area contributed by atoms with E-state index in [2.05, 4.69) is 72.0 Å².